The van der Waals surface area contributed by atoms with E-state index in [-0.39, 0.29) is 0 Å². The Morgan fingerprint density at radius 2 is 2.38 bits per heavy atom. The van der Waals surface area contributed by atoms with Crippen molar-refractivity contribution in [1.29, 1.82) is 0 Å². The molecule has 0 radical (unpaired) electrons. The summed E-state index contributed by atoms with van der Waals surface area (Å²) in [5.41, 5.74) is 1.49. The molecule has 1 unspecified atom stereocenters. The maximum absolute atomic E-state index is 10.2. The van der Waals surface area contributed by atoms with Crippen LogP contribution in [0.5, 0.6) is 5.75 Å². The Hall–Kier alpha value is -0.850. The number of nitrogens with zero attached hydrogens (tertiary/aromatic N) is 2. The average Bonchev–Trinajstić information content (AvgIpc) is 2.83. The number of thiophene rings is 1. The summed E-state index contributed by atoms with van der Waals surface area (Å²) in [6, 6.07) is 1.89. The van der Waals surface area contributed by atoms with Crippen molar-refractivity contribution in [2.75, 3.05) is 7.11 Å². The molecule has 0 aliphatic rings. The van der Waals surface area contributed by atoms with Crippen molar-refractivity contribution in [3.63, 3.8) is 0 Å². The molecule has 2 rings (SSSR count). The molecule has 4 nitrogen and oxygen atoms in total. The van der Waals surface area contributed by atoms with Crippen molar-refractivity contribution < 1.29 is 9.84 Å². The number of halogens is 1. The summed E-state index contributed by atoms with van der Waals surface area (Å²) in [7, 11) is 3.35. The third-order valence-corrected chi connectivity index (χ3v) is 3.85. The highest BCUT2D eigenvalue weighted by atomic mass is 79.9. The molecule has 86 valence electrons. The minimum atomic E-state index is -0.718. The van der Waals surface area contributed by atoms with Crippen molar-refractivity contribution in [2.45, 2.75) is 6.10 Å². The highest BCUT2D eigenvalue weighted by Gasteiger charge is 2.20. The normalized spacial score (nSPS) is 12.8. The number of methoxy groups -OCH3 is 1. The van der Waals surface area contributed by atoms with Gasteiger partial charge in [0.25, 0.3) is 0 Å². The van der Waals surface area contributed by atoms with Crippen LogP contribution in [0.4, 0.5) is 0 Å². The van der Waals surface area contributed by atoms with Gasteiger partial charge in [-0.3, -0.25) is 4.68 Å². The zero-order valence-corrected chi connectivity index (χ0v) is 11.2. The van der Waals surface area contributed by atoms with Crippen molar-refractivity contribution in [2.24, 2.45) is 7.05 Å². The molecule has 6 heteroatoms. The second-order valence-corrected chi connectivity index (χ2v) is 5.60. The highest BCUT2D eigenvalue weighted by Crippen LogP contribution is 2.33. The van der Waals surface area contributed by atoms with Crippen LogP contribution in [0.15, 0.2) is 21.4 Å². The molecule has 0 aromatic carbocycles. The summed E-state index contributed by atoms with van der Waals surface area (Å²) in [4.78, 5) is 0. The topological polar surface area (TPSA) is 47.3 Å². The Morgan fingerprint density at radius 3 is 2.94 bits per heavy atom. The fourth-order valence-electron chi connectivity index (χ4n) is 1.52. The lowest BCUT2D eigenvalue weighted by Gasteiger charge is -2.11. The molecule has 0 bridgehead atoms. The summed E-state index contributed by atoms with van der Waals surface area (Å²) < 4.78 is 7.77. The molecular weight excluding hydrogens is 292 g/mol. The van der Waals surface area contributed by atoms with Crippen LogP contribution in [-0.4, -0.2) is 22.0 Å². The molecule has 0 saturated heterocycles. The van der Waals surface area contributed by atoms with Crippen LogP contribution in [0.3, 0.4) is 0 Å². The third kappa shape index (κ3) is 2.00. The van der Waals surface area contributed by atoms with Crippen molar-refractivity contribution in [1.82, 2.24) is 9.78 Å². The summed E-state index contributed by atoms with van der Waals surface area (Å²) >= 11 is 4.91. The second-order valence-electron chi connectivity index (χ2n) is 3.31. The maximum Gasteiger partial charge on any atom is 0.162 e. The van der Waals surface area contributed by atoms with Gasteiger partial charge in [0, 0.05) is 7.05 Å². The van der Waals surface area contributed by atoms with Gasteiger partial charge >= 0.3 is 0 Å². The van der Waals surface area contributed by atoms with Crippen molar-refractivity contribution in [3.8, 4) is 5.75 Å². The van der Waals surface area contributed by atoms with Gasteiger partial charge in [-0.2, -0.15) is 5.10 Å². The van der Waals surface area contributed by atoms with E-state index in [4.69, 9.17) is 4.74 Å². The first-order valence-corrected chi connectivity index (χ1v) is 6.28. The molecule has 0 spiro atoms. The molecule has 2 heterocycles. The van der Waals surface area contributed by atoms with Crippen LogP contribution >= 0.6 is 27.3 Å². The lowest BCUT2D eigenvalue weighted by molar-refractivity contribution is 0.205. The predicted molar refractivity (Wildman–Crippen MR) is 65.8 cm³/mol. The Kier molecular flexibility index (Phi) is 3.32. The highest BCUT2D eigenvalue weighted by molar-refractivity contribution is 9.11. The standard InChI is InChI=1S/C10H11BrN2O2S/c1-13-9(7(15-2)4-12-13)10(14)6-3-8(11)16-5-6/h3-5,10,14H,1-2H3. The first kappa shape index (κ1) is 11.6. The van der Waals surface area contributed by atoms with Crippen molar-refractivity contribution >= 4 is 27.3 Å². The summed E-state index contributed by atoms with van der Waals surface area (Å²) in [5, 5.41) is 16.2. The molecule has 0 aliphatic heterocycles. The summed E-state index contributed by atoms with van der Waals surface area (Å²) in [6.07, 6.45) is 0.880. The number of aryl methyl sites for hydroxylation is 1. The third-order valence-electron chi connectivity index (χ3n) is 2.33. The van der Waals surface area contributed by atoms with E-state index in [0.29, 0.717) is 11.4 Å². The first-order valence-electron chi connectivity index (χ1n) is 4.61. The molecule has 0 fully saturated rings. The number of ether oxygens (including phenoxy) is 1. The van der Waals surface area contributed by atoms with Gasteiger partial charge in [0.15, 0.2) is 5.75 Å². The second kappa shape index (κ2) is 4.57. The maximum atomic E-state index is 10.2. The van der Waals surface area contributed by atoms with Gasteiger partial charge in [0.2, 0.25) is 0 Å². The van der Waals surface area contributed by atoms with Gasteiger partial charge < -0.3 is 9.84 Å². The van der Waals surface area contributed by atoms with Crippen molar-refractivity contribution in [3.05, 3.63) is 32.7 Å². The minimum absolute atomic E-state index is 0.595. The minimum Gasteiger partial charge on any atom is -0.493 e. The monoisotopic (exact) mass is 302 g/mol. The smallest absolute Gasteiger partial charge is 0.162 e. The molecule has 1 atom stereocenters. The molecule has 0 aliphatic carbocycles. The largest absolute Gasteiger partial charge is 0.493 e. The molecule has 0 saturated carbocycles. The fourth-order valence-corrected chi connectivity index (χ4v) is 2.71. The van der Waals surface area contributed by atoms with E-state index in [1.165, 1.54) is 11.3 Å². The van der Waals surface area contributed by atoms with E-state index < -0.39 is 6.10 Å². The van der Waals surface area contributed by atoms with Gasteiger partial charge in [0.05, 0.1) is 17.1 Å². The van der Waals surface area contributed by atoms with Gasteiger partial charge in [-0.15, -0.1) is 11.3 Å². The van der Waals surface area contributed by atoms with E-state index in [1.54, 1.807) is 25.0 Å². The van der Waals surface area contributed by atoms with E-state index in [2.05, 4.69) is 21.0 Å². The molecule has 1 N–H and O–H groups in total. The van der Waals surface area contributed by atoms with Crippen LogP contribution in [0.1, 0.15) is 17.4 Å². The number of aromatic nitrogens is 2. The van der Waals surface area contributed by atoms with Gasteiger partial charge in [-0.05, 0) is 32.9 Å². The lowest BCUT2D eigenvalue weighted by atomic mass is 10.1. The van der Waals surface area contributed by atoms with Crippen LogP contribution in [-0.2, 0) is 7.05 Å². The first-order chi connectivity index (χ1) is 7.63. The molecule has 2 aromatic rings. The average molecular weight is 303 g/mol. The summed E-state index contributed by atoms with van der Waals surface area (Å²) in [6.45, 7) is 0. The van der Waals surface area contributed by atoms with Gasteiger partial charge in [0.1, 0.15) is 11.8 Å². The van der Waals surface area contributed by atoms with E-state index >= 15 is 0 Å². The Morgan fingerprint density at radius 1 is 1.62 bits per heavy atom. The van der Waals surface area contributed by atoms with Gasteiger partial charge in [-0.25, -0.2) is 0 Å². The van der Waals surface area contributed by atoms with E-state index in [9.17, 15) is 5.11 Å². The number of aliphatic hydroxyl groups excluding tert-OH is 1. The molecule has 0 amide bonds. The zero-order valence-electron chi connectivity index (χ0n) is 8.85. The number of aliphatic hydroxyl groups is 1. The Bertz CT molecular complexity index is 495. The number of hydrogen-bond acceptors (Lipinski definition) is 4. The quantitative estimate of drug-likeness (QED) is 0.946. The van der Waals surface area contributed by atoms with Gasteiger partial charge in [-0.1, -0.05) is 0 Å². The van der Waals surface area contributed by atoms with Crippen LogP contribution in [0.25, 0.3) is 0 Å². The predicted octanol–water partition coefficient (Wildman–Crippen LogP) is 2.33. The Balaban J connectivity index is 2.40. The Labute approximate surface area is 106 Å². The van der Waals surface area contributed by atoms with E-state index in [1.807, 2.05) is 11.4 Å². The molecular formula is C10H11BrN2O2S. The SMILES string of the molecule is COc1cnn(C)c1C(O)c1csc(Br)c1. The number of hydrogen-bond donors (Lipinski definition) is 1. The molecule has 16 heavy (non-hydrogen) atoms. The van der Waals surface area contributed by atoms with Crippen LogP contribution in [0, 0.1) is 0 Å². The van der Waals surface area contributed by atoms with Crippen LogP contribution in [0.2, 0.25) is 0 Å². The number of rotatable bonds is 3. The van der Waals surface area contributed by atoms with E-state index in [0.717, 1.165) is 9.35 Å². The zero-order chi connectivity index (χ0) is 11.7. The molecule has 2 aromatic heterocycles. The lowest BCUT2D eigenvalue weighted by Crippen LogP contribution is -2.07. The summed E-state index contributed by atoms with van der Waals surface area (Å²) in [5.74, 6) is 0.595. The van der Waals surface area contributed by atoms with Crippen LogP contribution < -0.4 is 4.74 Å². The fraction of sp³-hybridized carbons (Fsp3) is 0.300.